The predicted octanol–water partition coefficient (Wildman–Crippen LogP) is 6.31. The van der Waals surface area contributed by atoms with Crippen molar-refractivity contribution in [2.75, 3.05) is 19.0 Å². The van der Waals surface area contributed by atoms with E-state index < -0.39 is 14.2 Å². The smallest absolute Gasteiger partial charge is 0.186 e. The predicted molar refractivity (Wildman–Crippen MR) is 128 cm³/mol. The van der Waals surface area contributed by atoms with Crippen molar-refractivity contribution in [1.29, 1.82) is 0 Å². The van der Waals surface area contributed by atoms with Crippen LogP contribution in [-0.2, 0) is 9.05 Å². The van der Waals surface area contributed by atoms with Crippen LogP contribution in [0.1, 0.15) is 47.2 Å². The summed E-state index contributed by atoms with van der Waals surface area (Å²) >= 11 is 4.56. The van der Waals surface area contributed by atoms with E-state index >= 15 is 0 Å². The van der Waals surface area contributed by atoms with Gasteiger partial charge in [0, 0.05) is 10.9 Å². The van der Waals surface area contributed by atoms with Gasteiger partial charge in [-0.25, -0.2) is 14.0 Å². The summed E-state index contributed by atoms with van der Waals surface area (Å²) in [4.78, 5) is 4.30. The van der Waals surface area contributed by atoms with Gasteiger partial charge in [-0.05, 0) is 63.7 Å². The number of amidine groups is 1. The molecule has 1 heterocycles. The Kier molecular flexibility index (Phi) is 10.1. The molecule has 0 aliphatic rings. The van der Waals surface area contributed by atoms with Crippen LogP contribution >= 0.6 is 36.1 Å². The van der Waals surface area contributed by atoms with Crippen molar-refractivity contribution >= 4 is 47.6 Å². The Balaban J connectivity index is 2.24. The summed E-state index contributed by atoms with van der Waals surface area (Å²) in [6.07, 6.45) is 0. The molecule has 0 amide bonds. The first-order valence-corrected chi connectivity index (χ1v) is 13.0. The molecule has 0 spiro atoms. The Morgan fingerprint density at radius 3 is 2.47 bits per heavy atom. The first-order valence-electron chi connectivity index (χ1n) is 10.0. The van der Waals surface area contributed by atoms with Gasteiger partial charge in [0.15, 0.2) is 24.9 Å². The minimum Gasteiger partial charge on any atom is -0.334 e. The standard InChI is InChI=1S/C20H29BrFN4O4PS/c1-7-28-31(29-8-2)20(5,6)19(3,4)12-32-18-16(25-30-26-18)17(24-27)23-13-9-10-15(22)14(21)11-13/h9-11,27H,7-8,12H2,1-6H3,(H,23,24). The van der Waals surface area contributed by atoms with Crippen molar-refractivity contribution < 1.29 is 23.3 Å². The van der Waals surface area contributed by atoms with Gasteiger partial charge in [0.05, 0.1) is 23.4 Å². The minimum atomic E-state index is -1.11. The van der Waals surface area contributed by atoms with E-state index in [0.717, 1.165) is 0 Å². The Hall–Kier alpha value is -1.10. The topological polar surface area (TPSA) is 102 Å². The van der Waals surface area contributed by atoms with Crippen molar-refractivity contribution in [3.05, 3.63) is 34.2 Å². The fourth-order valence-electron chi connectivity index (χ4n) is 2.50. The molecule has 0 bridgehead atoms. The van der Waals surface area contributed by atoms with Crippen LogP contribution in [0, 0.1) is 11.2 Å². The lowest BCUT2D eigenvalue weighted by Gasteiger charge is -2.44. The molecule has 12 heteroatoms. The molecule has 0 fully saturated rings. The van der Waals surface area contributed by atoms with E-state index in [1.807, 2.05) is 19.3 Å². The third-order valence-electron chi connectivity index (χ3n) is 5.11. The minimum absolute atomic E-state index is 0.0372. The monoisotopic (exact) mass is 550 g/mol. The van der Waals surface area contributed by atoms with Crippen molar-refractivity contribution in [3.63, 3.8) is 0 Å². The van der Waals surface area contributed by atoms with Crippen LogP contribution in [0.2, 0.25) is 0 Å². The van der Waals surface area contributed by atoms with Gasteiger partial charge in [-0.2, -0.15) is 0 Å². The summed E-state index contributed by atoms with van der Waals surface area (Å²) in [5.74, 6) is 0.280. The second-order valence-electron chi connectivity index (χ2n) is 7.91. The Bertz CT molecular complexity index is 923. The maximum Gasteiger partial charge on any atom is 0.186 e. The molecule has 0 aliphatic heterocycles. The highest BCUT2D eigenvalue weighted by atomic mass is 79.9. The summed E-state index contributed by atoms with van der Waals surface area (Å²) in [6, 6.07) is 4.24. The maximum absolute atomic E-state index is 13.5. The van der Waals surface area contributed by atoms with E-state index in [-0.39, 0.29) is 26.6 Å². The number of halogens is 2. The molecule has 0 saturated carbocycles. The molecule has 2 N–H and O–H groups in total. The third-order valence-corrected chi connectivity index (χ3v) is 9.63. The molecule has 0 atom stereocenters. The molecule has 1 aromatic heterocycles. The lowest BCUT2D eigenvalue weighted by molar-refractivity contribution is 0.211. The van der Waals surface area contributed by atoms with E-state index in [2.05, 4.69) is 58.9 Å². The molecule has 2 aromatic rings. The number of rotatable bonds is 11. The zero-order valence-electron chi connectivity index (χ0n) is 19.0. The average molecular weight is 551 g/mol. The maximum atomic E-state index is 13.5. The highest BCUT2D eigenvalue weighted by Crippen LogP contribution is 2.60. The van der Waals surface area contributed by atoms with Gasteiger partial charge in [-0.15, -0.1) is 0 Å². The molecule has 0 unspecified atom stereocenters. The first kappa shape index (κ1) is 27.1. The SMILES string of the molecule is CCOP(OCC)C(C)(C)C(C)(C)CSc1nonc1C(=Nc1ccc(F)c(Br)c1)NO. The van der Waals surface area contributed by atoms with Gasteiger partial charge >= 0.3 is 0 Å². The number of aliphatic imine (C=N–C) groups is 1. The second-order valence-corrected chi connectivity index (χ2v) is 11.9. The normalized spacial score (nSPS) is 13.1. The molecular weight excluding hydrogens is 522 g/mol. The van der Waals surface area contributed by atoms with Crippen molar-refractivity contribution in [1.82, 2.24) is 15.8 Å². The van der Waals surface area contributed by atoms with Crippen LogP contribution < -0.4 is 5.48 Å². The lowest BCUT2D eigenvalue weighted by Crippen LogP contribution is -2.40. The number of nitrogens with one attached hydrogen (secondary N) is 1. The molecule has 0 saturated heterocycles. The summed E-state index contributed by atoms with van der Waals surface area (Å²) in [6.45, 7) is 13.7. The molecular formula is C20H29BrFN4O4PS. The van der Waals surface area contributed by atoms with Crippen LogP contribution in [0.25, 0.3) is 0 Å². The van der Waals surface area contributed by atoms with Crippen LogP contribution in [0.15, 0.2) is 37.3 Å². The first-order chi connectivity index (χ1) is 15.1. The Morgan fingerprint density at radius 2 is 1.91 bits per heavy atom. The van der Waals surface area contributed by atoms with Crippen molar-refractivity contribution in [2.24, 2.45) is 10.4 Å². The summed E-state index contributed by atoms with van der Waals surface area (Å²) in [5, 5.41) is 17.7. The largest absolute Gasteiger partial charge is 0.334 e. The van der Waals surface area contributed by atoms with Gasteiger partial charge in [0.1, 0.15) is 5.82 Å². The van der Waals surface area contributed by atoms with Gasteiger partial charge in [-0.1, -0.05) is 39.5 Å². The van der Waals surface area contributed by atoms with E-state index in [1.54, 1.807) is 0 Å². The van der Waals surface area contributed by atoms with Crippen molar-refractivity contribution in [2.45, 2.75) is 51.7 Å². The molecule has 1 aromatic carbocycles. The molecule has 0 radical (unpaired) electrons. The number of hydrogen-bond donors (Lipinski definition) is 2. The second kappa shape index (κ2) is 11.9. The number of hydrogen-bond acceptors (Lipinski definition) is 8. The van der Waals surface area contributed by atoms with Gasteiger partial charge in [0.2, 0.25) is 0 Å². The number of thioether (sulfide) groups is 1. The summed E-state index contributed by atoms with van der Waals surface area (Å²) in [5.41, 5.74) is 2.49. The molecule has 178 valence electrons. The van der Waals surface area contributed by atoms with Crippen LogP contribution in [-0.4, -0.2) is 45.5 Å². The fraction of sp³-hybridized carbons (Fsp3) is 0.550. The van der Waals surface area contributed by atoms with Gasteiger partial charge in [-0.3, -0.25) is 10.7 Å². The zero-order valence-corrected chi connectivity index (χ0v) is 22.3. The third kappa shape index (κ3) is 6.48. The number of benzene rings is 1. The van der Waals surface area contributed by atoms with E-state index in [9.17, 15) is 9.60 Å². The Morgan fingerprint density at radius 1 is 1.25 bits per heavy atom. The summed E-state index contributed by atoms with van der Waals surface area (Å²) in [7, 11) is -1.11. The van der Waals surface area contributed by atoms with E-state index in [0.29, 0.717) is 29.7 Å². The molecule has 32 heavy (non-hydrogen) atoms. The lowest BCUT2D eigenvalue weighted by atomic mass is 9.82. The molecule has 0 aliphatic carbocycles. The fourth-order valence-corrected chi connectivity index (χ4v) is 5.95. The number of nitrogens with zero attached hydrogens (tertiary/aromatic N) is 3. The Labute approximate surface area is 201 Å². The summed E-state index contributed by atoms with van der Waals surface area (Å²) < 4.78 is 30.5. The quantitative estimate of drug-likeness (QED) is 0.110. The van der Waals surface area contributed by atoms with E-state index in [4.69, 9.17) is 13.7 Å². The van der Waals surface area contributed by atoms with Crippen LogP contribution in [0.4, 0.5) is 10.1 Å². The van der Waals surface area contributed by atoms with Crippen molar-refractivity contribution in [3.8, 4) is 0 Å². The highest BCUT2D eigenvalue weighted by molar-refractivity contribution is 9.10. The van der Waals surface area contributed by atoms with Crippen LogP contribution in [0.5, 0.6) is 0 Å². The van der Waals surface area contributed by atoms with Gasteiger partial charge in [0.25, 0.3) is 0 Å². The molecule has 8 nitrogen and oxygen atoms in total. The van der Waals surface area contributed by atoms with Gasteiger partial charge < -0.3 is 9.05 Å². The number of aromatic nitrogens is 2. The van der Waals surface area contributed by atoms with Crippen LogP contribution in [0.3, 0.4) is 0 Å². The highest BCUT2D eigenvalue weighted by Gasteiger charge is 2.45. The number of hydroxylamine groups is 1. The average Bonchev–Trinajstić information content (AvgIpc) is 3.21. The van der Waals surface area contributed by atoms with E-state index in [1.165, 1.54) is 30.0 Å². The zero-order chi connectivity index (χ0) is 23.9. The molecule has 2 rings (SSSR count).